The summed E-state index contributed by atoms with van der Waals surface area (Å²) < 4.78 is 16.6. The smallest absolute Gasteiger partial charge is 0.295 e. The van der Waals surface area contributed by atoms with Gasteiger partial charge < -0.3 is 24.2 Å². The molecule has 0 aromatic heterocycles. The van der Waals surface area contributed by atoms with Crippen molar-refractivity contribution in [3.63, 3.8) is 0 Å². The van der Waals surface area contributed by atoms with Crippen molar-refractivity contribution in [2.75, 3.05) is 27.4 Å². The molecule has 7 nitrogen and oxygen atoms in total. The standard InChI is InChI=1S/C26H29NO6/c1-4-16-10-12-17(13-11-16)23-22(24(28)21-19(31-2)8-5-9-20(21)32-3)25(29)26(30)27(23)15-18-7-6-14-33-18/h5,8-13,18,23,28H,4,6-7,14-15H2,1-3H3/b24-22+. The predicted octanol–water partition coefficient (Wildman–Crippen LogP) is 3.87. The third-order valence-electron chi connectivity index (χ3n) is 6.33. The highest BCUT2D eigenvalue weighted by Gasteiger charge is 2.47. The van der Waals surface area contributed by atoms with Gasteiger partial charge in [0, 0.05) is 13.2 Å². The summed E-state index contributed by atoms with van der Waals surface area (Å²) in [6.07, 6.45) is 2.48. The van der Waals surface area contributed by atoms with Crippen molar-refractivity contribution in [1.82, 2.24) is 4.90 Å². The van der Waals surface area contributed by atoms with Crippen LogP contribution in [0.4, 0.5) is 0 Å². The Morgan fingerprint density at radius 2 is 1.76 bits per heavy atom. The van der Waals surface area contributed by atoms with Crippen molar-refractivity contribution in [3.05, 3.63) is 64.7 Å². The molecule has 2 aromatic carbocycles. The Morgan fingerprint density at radius 3 is 2.30 bits per heavy atom. The summed E-state index contributed by atoms with van der Waals surface area (Å²) in [5.41, 5.74) is 2.15. The number of carbonyl (C=O) groups excluding carboxylic acids is 2. The minimum Gasteiger partial charge on any atom is -0.506 e. The van der Waals surface area contributed by atoms with Crippen LogP contribution in [0.2, 0.25) is 0 Å². The number of likely N-dealkylation sites (tertiary alicyclic amines) is 1. The number of ketones is 1. The molecule has 1 N–H and O–H groups in total. The van der Waals surface area contributed by atoms with E-state index in [9.17, 15) is 14.7 Å². The van der Waals surface area contributed by atoms with E-state index < -0.39 is 17.7 Å². The molecule has 4 rings (SSSR count). The molecule has 0 spiro atoms. The van der Waals surface area contributed by atoms with Crippen molar-refractivity contribution in [2.45, 2.75) is 38.3 Å². The molecular weight excluding hydrogens is 422 g/mol. The number of carbonyl (C=O) groups is 2. The van der Waals surface area contributed by atoms with Gasteiger partial charge in [0.1, 0.15) is 22.8 Å². The molecule has 0 aliphatic carbocycles. The van der Waals surface area contributed by atoms with E-state index in [-0.39, 0.29) is 29.5 Å². The first-order valence-corrected chi connectivity index (χ1v) is 11.2. The highest BCUT2D eigenvalue weighted by atomic mass is 16.5. The molecule has 2 aliphatic heterocycles. The molecule has 2 heterocycles. The van der Waals surface area contributed by atoms with E-state index in [1.807, 2.05) is 24.3 Å². The second kappa shape index (κ2) is 9.67. The number of aryl methyl sites for hydroxylation is 1. The van der Waals surface area contributed by atoms with E-state index in [1.54, 1.807) is 18.2 Å². The van der Waals surface area contributed by atoms with Crippen LogP contribution in [0.5, 0.6) is 11.5 Å². The molecule has 2 atom stereocenters. The average molecular weight is 452 g/mol. The number of aliphatic hydroxyl groups is 1. The highest BCUT2D eigenvalue weighted by Crippen LogP contribution is 2.43. The Kier molecular flexibility index (Phi) is 6.70. The zero-order valence-electron chi connectivity index (χ0n) is 19.2. The molecule has 2 unspecified atom stereocenters. The van der Waals surface area contributed by atoms with E-state index in [0.29, 0.717) is 18.1 Å². The van der Waals surface area contributed by atoms with E-state index in [1.165, 1.54) is 19.1 Å². The number of hydrogen-bond acceptors (Lipinski definition) is 6. The minimum absolute atomic E-state index is 0.0186. The van der Waals surface area contributed by atoms with Crippen LogP contribution in [-0.2, 0) is 20.7 Å². The van der Waals surface area contributed by atoms with Gasteiger partial charge in [0.15, 0.2) is 0 Å². The van der Waals surface area contributed by atoms with Gasteiger partial charge in [0.2, 0.25) is 0 Å². The van der Waals surface area contributed by atoms with E-state index in [4.69, 9.17) is 14.2 Å². The maximum atomic E-state index is 13.3. The molecule has 2 aliphatic rings. The quantitative estimate of drug-likeness (QED) is 0.391. The van der Waals surface area contributed by atoms with Gasteiger partial charge >= 0.3 is 0 Å². The van der Waals surface area contributed by atoms with E-state index in [2.05, 4.69) is 6.92 Å². The first kappa shape index (κ1) is 22.9. The number of aliphatic hydroxyl groups excluding tert-OH is 1. The summed E-state index contributed by atoms with van der Waals surface area (Å²) in [5.74, 6) is -1.01. The number of hydrogen-bond donors (Lipinski definition) is 1. The highest BCUT2D eigenvalue weighted by molar-refractivity contribution is 6.46. The Morgan fingerprint density at radius 1 is 1.09 bits per heavy atom. The maximum Gasteiger partial charge on any atom is 0.295 e. The van der Waals surface area contributed by atoms with Crippen molar-refractivity contribution in [2.24, 2.45) is 0 Å². The van der Waals surface area contributed by atoms with Crippen LogP contribution in [0.15, 0.2) is 48.0 Å². The van der Waals surface area contributed by atoms with Gasteiger partial charge in [0.05, 0.1) is 31.9 Å². The zero-order valence-corrected chi connectivity index (χ0v) is 19.2. The Hall–Kier alpha value is -3.32. The normalized spacial score (nSPS) is 22.1. The molecule has 33 heavy (non-hydrogen) atoms. The lowest BCUT2D eigenvalue weighted by atomic mass is 9.93. The fourth-order valence-corrected chi connectivity index (χ4v) is 4.58. The molecular formula is C26H29NO6. The lowest BCUT2D eigenvalue weighted by molar-refractivity contribution is -0.140. The Balaban J connectivity index is 1.89. The number of ether oxygens (including phenoxy) is 3. The van der Waals surface area contributed by atoms with Crippen molar-refractivity contribution >= 4 is 17.4 Å². The summed E-state index contributed by atoms with van der Waals surface area (Å²) in [6.45, 7) is 2.99. The first-order chi connectivity index (χ1) is 16.0. The minimum atomic E-state index is -0.741. The third-order valence-corrected chi connectivity index (χ3v) is 6.33. The summed E-state index contributed by atoms with van der Waals surface area (Å²) in [5, 5.41) is 11.4. The van der Waals surface area contributed by atoms with Crippen LogP contribution < -0.4 is 9.47 Å². The van der Waals surface area contributed by atoms with E-state index in [0.717, 1.165) is 30.4 Å². The van der Waals surface area contributed by atoms with Gasteiger partial charge in [-0.25, -0.2) is 0 Å². The number of rotatable bonds is 7. The van der Waals surface area contributed by atoms with Gasteiger partial charge in [-0.1, -0.05) is 37.3 Å². The molecule has 0 saturated carbocycles. The van der Waals surface area contributed by atoms with Gasteiger partial charge in [-0.2, -0.15) is 0 Å². The largest absolute Gasteiger partial charge is 0.506 e. The first-order valence-electron chi connectivity index (χ1n) is 11.2. The number of benzene rings is 2. The lowest BCUT2D eigenvalue weighted by Crippen LogP contribution is -2.36. The summed E-state index contributed by atoms with van der Waals surface area (Å²) in [6, 6.07) is 12.1. The topological polar surface area (TPSA) is 85.3 Å². The lowest BCUT2D eigenvalue weighted by Gasteiger charge is -2.27. The summed E-state index contributed by atoms with van der Waals surface area (Å²) in [7, 11) is 2.95. The van der Waals surface area contributed by atoms with Crippen LogP contribution in [-0.4, -0.2) is 55.2 Å². The van der Waals surface area contributed by atoms with Crippen LogP contribution in [0.3, 0.4) is 0 Å². The van der Waals surface area contributed by atoms with Gasteiger partial charge in [-0.3, -0.25) is 9.59 Å². The Labute approximate surface area is 193 Å². The van der Waals surface area contributed by atoms with Crippen LogP contribution >= 0.6 is 0 Å². The molecule has 1 amide bonds. The van der Waals surface area contributed by atoms with Gasteiger partial charge in [-0.05, 0) is 42.5 Å². The van der Waals surface area contributed by atoms with Crippen LogP contribution in [0.1, 0.15) is 42.5 Å². The molecule has 0 radical (unpaired) electrons. The molecule has 0 bridgehead atoms. The average Bonchev–Trinajstić information content (AvgIpc) is 3.45. The maximum absolute atomic E-state index is 13.3. The number of amides is 1. The van der Waals surface area contributed by atoms with E-state index >= 15 is 0 Å². The zero-order chi connectivity index (χ0) is 23.5. The second-order valence-corrected chi connectivity index (χ2v) is 8.22. The van der Waals surface area contributed by atoms with Crippen LogP contribution in [0.25, 0.3) is 5.76 Å². The summed E-state index contributed by atoms with van der Waals surface area (Å²) >= 11 is 0. The SMILES string of the molecule is CCc1ccc(C2/C(=C(\O)c3c(OC)cccc3OC)C(=O)C(=O)N2CC2CCCO2)cc1. The molecule has 2 aromatic rings. The monoisotopic (exact) mass is 451 g/mol. The predicted molar refractivity (Wildman–Crippen MR) is 123 cm³/mol. The summed E-state index contributed by atoms with van der Waals surface area (Å²) in [4.78, 5) is 28.0. The van der Waals surface area contributed by atoms with Crippen molar-refractivity contribution in [3.8, 4) is 11.5 Å². The van der Waals surface area contributed by atoms with Crippen molar-refractivity contribution in [1.29, 1.82) is 0 Å². The second-order valence-electron chi connectivity index (χ2n) is 8.22. The molecule has 2 fully saturated rings. The Bertz CT molecular complexity index is 1050. The molecule has 174 valence electrons. The fraction of sp³-hybridized carbons (Fsp3) is 0.385. The fourth-order valence-electron chi connectivity index (χ4n) is 4.58. The molecule has 2 saturated heterocycles. The van der Waals surface area contributed by atoms with Gasteiger partial charge in [0.25, 0.3) is 11.7 Å². The van der Waals surface area contributed by atoms with Gasteiger partial charge in [-0.15, -0.1) is 0 Å². The number of nitrogens with zero attached hydrogens (tertiary/aromatic N) is 1. The van der Waals surface area contributed by atoms with Crippen LogP contribution in [0, 0.1) is 0 Å². The number of methoxy groups -OCH3 is 2. The van der Waals surface area contributed by atoms with Crippen molar-refractivity contribution < 1.29 is 28.9 Å². The number of Topliss-reactive ketones (excluding diaryl/α,β-unsaturated/α-hetero) is 1. The third kappa shape index (κ3) is 4.20. The molecule has 7 heteroatoms.